The number of benzene rings is 2. The zero-order valence-electron chi connectivity index (χ0n) is 13.9. The molecule has 0 aliphatic rings. The molecule has 0 radical (unpaired) electrons. The predicted molar refractivity (Wildman–Crippen MR) is 116 cm³/mol. The van der Waals surface area contributed by atoms with Gasteiger partial charge < -0.3 is 4.65 Å². The van der Waals surface area contributed by atoms with Crippen LogP contribution in [0.5, 0.6) is 5.75 Å². The largest absolute Gasteiger partial charge is 0.550 e. The first-order chi connectivity index (χ1) is 13.1. The summed E-state index contributed by atoms with van der Waals surface area (Å²) in [4.78, 5) is 8.18. The smallest absolute Gasteiger partial charge is 0.431 e. The molecule has 0 aliphatic carbocycles. The molecule has 0 amide bonds. The second-order valence-corrected chi connectivity index (χ2v) is 7.53. The van der Waals surface area contributed by atoms with Crippen LogP contribution < -0.4 is 15.6 Å². The highest BCUT2D eigenvalue weighted by atomic mass is 127. The van der Waals surface area contributed by atoms with Crippen molar-refractivity contribution in [2.24, 2.45) is 0 Å². The first kappa shape index (κ1) is 18.2. The fourth-order valence-corrected chi connectivity index (χ4v) is 3.45. The Labute approximate surface area is 174 Å². The summed E-state index contributed by atoms with van der Waals surface area (Å²) in [6.07, 6.45) is 3.10. The fraction of sp³-hybridized carbons (Fsp3) is 0. The van der Waals surface area contributed by atoms with E-state index in [1.54, 1.807) is 30.5 Å². The van der Waals surface area contributed by atoms with Crippen molar-refractivity contribution in [2.75, 3.05) is 0 Å². The number of hydrogen-bond donors (Lipinski definition) is 0. The minimum absolute atomic E-state index is 0.359. The average molecular weight is 488 g/mol. The molecule has 0 aliphatic heterocycles. The minimum Gasteiger partial charge on any atom is -0.550 e. The first-order valence-electron chi connectivity index (χ1n) is 8.19. The molecule has 0 bridgehead atoms. The van der Waals surface area contributed by atoms with Crippen molar-refractivity contribution in [2.45, 2.75) is 0 Å². The van der Waals surface area contributed by atoms with E-state index in [1.165, 1.54) is 6.20 Å². The Morgan fingerprint density at radius 3 is 2.44 bits per heavy atom. The average Bonchev–Trinajstić information content (AvgIpc) is 2.69. The van der Waals surface area contributed by atoms with E-state index in [2.05, 4.69) is 32.6 Å². The van der Waals surface area contributed by atoms with Gasteiger partial charge in [-0.3, -0.25) is 4.98 Å². The summed E-state index contributed by atoms with van der Waals surface area (Å²) in [7, 11) is 0. The van der Waals surface area contributed by atoms with Crippen LogP contribution in [-0.2, 0) is 0 Å². The maximum absolute atomic E-state index is 14.5. The van der Waals surface area contributed by atoms with Crippen molar-refractivity contribution < 1.29 is 9.04 Å². The molecule has 2 aromatic heterocycles. The lowest BCUT2D eigenvalue weighted by Gasteiger charge is -2.18. The highest BCUT2D eigenvalue weighted by Crippen LogP contribution is 2.30. The SMILES string of the molecule is Fc1ncccc1B(Oc1ccc(Cl)c2cccnc12)c1ccc(I)cc1. The summed E-state index contributed by atoms with van der Waals surface area (Å²) in [6.45, 7) is -0.665. The van der Waals surface area contributed by atoms with Gasteiger partial charge in [0.05, 0.1) is 5.02 Å². The van der Waals surface area contributed by atoms with Crippen molar-refractivity contribution in [1.82, 2.24) is 9.97 Å². The Morgan fingerprint density at radius 2 is 1.67 bits per heavy atom. The molecule has 0 fully saturated rings. The van der Waals surface area contributed by atoms with Gasteiger partial charge in [-0.05, 0) is 70.5 Å². The fourth-order valence-electron chi connectivity index (χ4n) is 2.88. The molecular weight excluding hydrogens is 476 g/mol. The van der Waals surface area contributed by atoms with Gasteiger partial charge in [0.25, 0.3) is 0 Å². The number of aromatic nitrogens is 2. The highest BCUT2D eigenvalue weighted by molar-refractivity contribution is 14.1. The lowest BCUT2D eigenvalue weighted by Crippen LogP contribution is -2.49. The van der Waals surface area contributed by atoms with Crippen LogP contribution in [0.1, 0.15) is 0 Å². The Balaban J connectivity index is 1.84. The Bertz CT molecular complexity index is 1110. The number of pyridine rings is 2. The summed E-state index contributed by atoms with van der Waals surface area (Å²) in [5, 5.41) is 1.37. The second-order valence-electron chi connectivity index (χ2n) is 5.88. The van der Waals surface area contributed by atoms with E-state index in [0.717, 1.165) is 14.4 Å². The summed E-state index contributed by atoms with van der Waals surface area (Å²) in [5.74, 6) is -0.0333. The van der Waals surface area contributed by atoms with Crippen LogP contribution in [0.15, 0.2) is 73.1 Å². The van der Waals surface area contributed by atoms with E-state index in [4.69, 9.17) is 16.3 Å². The first-order valence-corrected chi connectivity index (χ1v) is 9.65. The molecule has 3 nitrogen and oxygen atoms in total. The molecule has 4 aromatic rings. The topological polar surface area (TPSA) is 35.0 Å². The number of hydrogen-bond acceptors (Lipinski definition) is 3. The maximum atomic E-state index is 14.5. The van der Waals surface area contributed by atoms with Crippen LogP contribution in [-0.4, -0.2) is 16.9 Å². The van der Waals surface area contributed by atoms with Crippen molar-refractivity contribution in [3.63, 3.8) is 0 Å². The normalized spacial score (nSPS) is 10.8. The van der Waals surface area contributed by atoms with Gasteiger partial charge in [0.1, 0.15) is 11.3 Å². The number of halogens is 3. The highest BCUT2D eigenvalue weighted by Gasteiger charge is 2.28. The summed E-state index contributed by atoms with van der Waals surface area (Å²) < 4.78 is 21.8. The third-order valence-corrected chi connectivity index (χ3v) is 5.22. The van der Waals surface area contributed by atoms with Gasteiger partial charge in [-0.1, -0.05) is 29.8 Å². The van der Waals surface area contributed by atoms with E-state index in [9.17, 15) is 4.39 Å². The zero-order valence-corrected chi connectivity index (χ0v) is 16.9. The Kier molecular flexibility index (Phi) is 5.27. The van der Waals surface area contributed by atoms with E-state index in [0.29, 0.717) is 21.8 Å². The van der Waals surface area contributed by atoms with Gasteiger partial charge >= 0.3 is 6.92 Å². The summed E-state index contributed by atoms with van der Waals surface area (Å²) in [6, 6.07) is 18.3. The summed E-state index contributed by atoms with van der Waals surface area (Å²) >= 11 is 8.50. The molecule has 0 saturated heterocycles. The van der Waals surface area contributed by atoms with Crippen LogP contribution in [0.25, 0.3) is 10.9 Å². The van der Waals surface area contributed by atoms with Gasteiger partial charge in [-0.25, -0.2) is 4.98 Å². The van der Waals surface area contributed by atoms with Crippen molar-refractivity contribution in [3.8, 4) is 5.75 Å². The Hall–Kier alpha value is -2.19. The van der Waals surface area contributed by atoms with Gasteiger partial charge in [0.15, 0.2) is 0 Å². The lowest BCUT2D eigenvalue weighted by atomic mass is 9.55. The van der Waals surface area contributed by atoms with E-state index < -0.39 is 12.9 Å². The zero-order chi connectivity index (χ0) is 18.8. The van der Waals surface area contributed by atoms with Crippen LogP contribution in [0.4, 0.5) is 4.39 Å². The van der Waals surface area contributed by atoms with E-state index in [1.807, 2.05) is 36.4 Å². The maximum Gasteiger partial charge on any atom is 0.431 e. The standard InChI is InChI=1S/C20H12BClFIN2O/c22-17-9-10-18(19-15(17)3-1-11-25-19)27-21(13-5-7-14(24)8-6-13)16-4-2-12-26-20(16)23/h1-12H. The molecule has 2 aromatic carbocycles. The third kappa shape index (κ3) is 3.77. The Morgan fingerprint density at radius 1 is 0.926 bits per heavy atom. The van der Waals surface area contributed by atoms with Crippen molar-refractivity contribution >= 4 is 62.9 Å². The van der Waals surface area contributed by atoms with Gasteiger partial charge in [-0.15, -0.1) is 0 Å². The molecular formula is C20H12BClFIN2O. The van der Waals surface area contributed by atoms with Crippen LogP contribution >= 0.6 is 34.2 Å². The van der Waals surface area contributed by atoms with Crippen LogP contribution in [0.3, 0.4) is 0 Å². The number of nitrogens with zero attached hydrogens (tertiary/aromatic N) is 2. The number of rotatable bonds is 4. The molecule has 0 N–H and O–H groups in total. The number of fused-ring (bicyclic) bond motifs is 1. The van der Waals surface area contributed by atoms with E-state index in [-0.39, 0.29) is 0 Å². The summed E-state index contributed by atoms with van der Waals surface area (Å²) in [5.41, 5.74) is 1.81. The van der Waals surface area contributed by atoms with Crippen molar-refractivity contribution in [1.29, 1.82) is 0 Å². The molecule has 132 valence electrons. The van der Waals surface area contributed by atoms with Gasteiger partial charge in [0, 0.05) is 26.8 Å². The molecule has 2 heterocycles. The molecule has 27 heavy (non-hydrogen) atoms. The third-order valence-electron chi connectivity index (χ3n) is 4.17. The second kappa shape index (κ2) is 7.82. The van der Waals surface area contributed by atoms with Crippen molar-refractivity contribution in [3.05, 3.63) is 87.6 Å². The van der Waals surface area contributed by atoms with Crippen LogP contribution in [0, 0.1) is 9.52 Å². The van der Waals surface area contributed by atoms with E-state index >= 15 is 0 Å². The molecule has 7 heteroatoms. The predicted octanol–water partition coefficient (Wildman–Crippen LogP) is 4.21. The molecule has 0 atom stereocenters. The van der Waals surface area contributed by atoms with Crippen LogP contribution in [0.2, 0.25) is 5.02 Å². The van der Waals surface area contributed by atoms with Gasteiger partial charge in [0.2, 0.25) is 5.95 Å². The molecule has 4 rings (SSSR count). The lowest BCUT2D eigenvalue weighted by molar-refractivity contribution is 0.573. The molecule has 0 unspecified atom stereocenters. The van der Waals surface area contributed by atoms with Gasteiger partial charge in [-0.2, -0.15) is 4.39 Å². The molecule has 0 saturated carbocycles. The minimum atomic E-state index is -0.665. The quantitative estimate of drug-likeness (QED) is 0.245. The molecule has 0 spiro atoms. The monoisotopic (exact) mass is 488 g/mol.